The number of pyridine rings is 1. The molecule has 1 aliphatic carbocycles. The van der Waals surface area contributed by atoms with Gasteiger partial charge in [-0.25, -0.2) is 0 Å². The van der Waals surface area contributed by atoms with Crippen LogP contribution in [0, 0.1) is 0 Å². The van der Waals surface area contributed by atoms with Crippen LogP contribution >= 0.6 is 0 Å². The summed E-state index contributed by atoms with van der Waals surface area (Å²) in [6.07, 6.45) is 10.2. The molecule has 2 aromatic rings. The van der Waals surface area contributed by atoms with Crippen LogP contribution in [0.15, 0.2) is 30.7 Å². The fourth-order valence-corrected chi connectivity index (χ4v) is 2.41. The van der Waals surface area contributed by atoms with E-state index in [0.29, 0.717) is 18.5 Å². The molecule has 0 unspecified atom stereocenters. The molecule has 104 valence electrons. The Labute approximate surface area is 118 Å². The Morgan fingerprint density at radius 2 is 1.95 bits per heavy atom. The lowest BCUT2D eigenvalue weighted by Gasteiger charge is -2.12. The van der Waals surface area contributed by atoms with Crippen molar-refractivity contribution in [3.8, 4) is 0 Å². The van der Waals surface area contributed by atoms with Gasteiger partial charge in [0.1, 0.15) is 0 Å². The van der Waals surface area contributed by atoms with Crippen LogP contribution in [0.2, 0.25) is 0 Å². The van der Waals surface area contributed by atoms with E-state index in [9.17, 15) is 0 Å². The van der Waals surface area contributed by atoms with Crippen molar-refractivity contribution in [3.05, 3.63) is 36.3 Å². The fourth-order valence-electron chi connectivity index (χ4n) is 2.41. The Balaban J connectivity index is 1.59. The molecule has 3 rings (SSSR count). The zero-order chi connectivity index (χ0) is 13.6. The van der Waals surface area contributed by atoms with Crippen LogP contribution in [0.4, 0.5) is 11.8 Å². The van der Waals surface area contributed by atoms with E-state index in [1.807, 2.05) is 12.1 Å². The van der Waals surface area contributed by atoms with Crippen molar-refractivity contribution in [3.63, 3.8) is 0 Å². The van der Waals surface area contributed by atoms with Gasteiger partial charge in [0.2, 0.25) is 5.95 Å². The van der Waals surface area contributed by atoms with Crippen molar-refractivity contribution in [2.24, 2.45) is 0 Å². The van der Waals surface area contributed by atoms with E-state index in [4.69, 9.17) is 0 Å². The van der Waals surface area contributed by atoms with Gasteiger partial charge in [-0.15, -0.1) is 5.10 Å². The zero-order valence-electron chi connectivity index (χ0n) is 11.3. The van der Waals surface area contributed by atoms with Crippen LogP contribution in [0.1, 0.15) is 31.2 Å². The molecule has 2 aromatic heterocycles. The first kappa shape index (κ1) is 12.8. The molecule has 20 heavy (non-hydrogen) atoms. The predicted molar refractivity (Wildman–Crippen MR) is 77.3 cm³/mol. The molecule has 6 heteroatoms. The summed E-state index contributed by atoms with van der Waals surface area (Å²) in [5.74, 6) is 1.34. The smallest absolute Gasteiger partial charge is 0.244 e. The van der Waals surface area contributed by atoms with E-state index in [1.54, 1.807) is 18.6 Å². The number of hydrogen-bond acceptors (Lipinski definition) is 6. The van der Waals surface area contributed by atoms with Crippen molar-refractivity contribution in [2.45, 2.75) is 38.3 Å². The molecule has 0 atom stereocenters. The average molecular weight is 270 g/mol. The topological polar surface area (TPSA) is 75.6 Å². The van der Waals surface area contributed by atoms with Crippen LogP contribution in [-0.2, 0) is 6.54 Å². The van der Waals surface area contributed by atoms with Gasteiger partial charge in [0.05, 0.1) is 6.20 Å². The van der Waals surface area contributed by atoms with Crippen LogP contribution in [0.3, 0.4) is 0 Å². The third-order valence-corrected chi connectivity index (χ3v) is 3.47. The summed E-state index contributed by atoms with van der Waals surface area (Å²) < 4.78 is 0. The Hall–Kier alpha value is -2.24. The third kappa shape index (κ3) is 3.40. The highest BCUT2D eigenvalue weighted by molar-refractivity contribution is 5.38. The van der Waals surface area contributed by atoms with Crippen molar-refractivity contribution >= 4 is 11.8 Å². The van der Waals surface area contributed by atoms with Gasteiger partial charge < -0.3 is 10.6 Å². The maximum atomic E-state index is 4.44. The van der Waals surface area contributed by atoms with Gasteiger partial charge in [0, 0.05) is 25.0 Å². The van der Waals surface area contributed by atoms with E-state index in [0.717, 1.165) is 11.4 Å². The molecule has 0 bridgehead atoms. The molecule has 0 saturated heterocycles. The minimum Gasteiger partial charge on any atom is -0.366 e. The second-order valence-electron chi connectivity index (χ2n) is 5.00. The molecule has 1 aliphatic rings. The summed E-state index contributed by atoms with van der Waals surface area (Å²) in [5.41, 5.74) is 1.14. The number of nitrogens with one attached hydrogen (secondary N) is 2. The van der Waals surface area contributed by atoms with Gasteiger partial charge in [-0.1, -0.05) is 12.8 Å². The molecule has 6 nitrogen and oxygen atoms in total. The largest absolute Gasteiger partial charge is 0.366 e. The molecule has 1 fully saturated rings. The summed E-state index contributed by atoms with van der Waals surface area (Å²) >= 11 is 0. The molecule has 2 heterocycles. The van der Waals surface area contributed by atoms with Crippen LogP contribution < -0.4 is 10.6 Å². The molecular formula is C14H18N6. The molecule has 2 N–H and O–H groups in total. The van der Waals surface area contributed by atoms with Gasteiger partial charge in [-0.05, 0) is 30.5 Å². The number of hydrogen-bond donors (Lipinski definition) is 2. The van der Waals surface area contributed by atoms with Crippen molar-refractivity contribution < 1.29 is 0 Å². The van der Waals surface area contributed by atoms with Crippen molar-refractivity contribution in [1.82, 2.24) is 20.2 Å². The second-order valence-corrected chi connectivity index (χ2v) is 5.00. The molecule has 0 aromatic carbocycles. The summed E-state index contributed by atoms with van der Waals surface area (Å²) in [4.78, 5) is 8.43. The van der Waals surface area contributed by atoms with Crippen LogP contribution in [-0.4, -0.2) is 26.2 Å². The standard InChI is InChI=1S/C14H18N6/c1-2-4-12(3-1)18-13-10-17-20-14(19-13)16-9-11-5-7-15-8-6-11/h5-8,10,12H,1-4,9H2,(H2,16,18,19,20). The summed E-state index contributed by atoms with van der Waals surface area (Å²) in [5, 5.41) is 14.6. The lowest BCUT2D eigenvalue weighted by molar-refractivity contribution is 0.746. The van der Waals surface area contributed by atoms with Gasteiger partial charge in [-0.3, -0.25) is 4.98 Å². The Bertz CT molecular complexity index is 538. The average Bonchev–Trinajstić information content (AvgIpc) is 3.00. The molecule has 0 radical (unpaired) electrons. The van der Waals surface area contributed by atoms with Crippen LogP contribution in [0.25, 0.3) is 0 Å². The van der Waals surface area contributed by atoms with Crippen molar-refractivity contribution in [2.75, 3.05) is 10.6 Å². The predicted octanol–water partition coefficient (Wildman–Crippen LogP) is 2.23. The Morgan fingerprint density at radius 3 is 2.75 bits per heavy atom. The number of rotatable bonds is 5. The molecular weight excluding hydrogens is 252 g/mol. The number of anilines is 2. The lowest BCUT2D eigenvalue weighted by atomic mass is 10.2. The highest BCUT2D eigenvalue weighted by Gasteiger charge is 2.15. The first-order valence-electron chi connectivity index (χ1n) is 6.99. The first-order valence-corrected chi connectivity index (χ1v) is 6.99. The normalized spacial score (nSPS) is 15.2. The third-order valence-electron chi connectivity index (χ3n) is 3.47. The van der Waals surface area contributed by atoms with E-state index in [1.165, 1.54) is 25.7 Å². The quantitative estimate of drug-likeness (QED) is 0.867. The van der Waals surface area contributed by atoms with E-state index >= 15 is 0 Å². The summed E-state index contributed by atoms with van der Waals surface area (Å²) in [7, 11) is 0. The monoisotopic (exact) mass is 270 g/mol. The van der Waals surface area contributed by atoms with E-state index in [2.05, 4.69) is 30.8 Å². The van der Waals surface area contributed by atoms with Gasteiger partial charge in [0.25, 0.3) is 0 Å². The molecule has 1 saturated carbocycles. The van der Waals surface area contributed by atoms with Gasteiger partial charge in [0.15, 0.2) is 5.82 Å². The molecule has 0 spiro atoms. The summed E-state index contributed by atoms with van der Waals surface area (Å²) in [6, 6.07) is 4.45. The highest BCUT2D eigenvalue weighted by atomic mass is 15.3. The fraction of sp³-hybridized carbons (Fsp3) is 0.429. The lowest BCUT2D eigenvalue weighted by Crippen LogP contribution is -2.16. The minimum absolute atomic E-state index is 0.528. The van der Waals surface area contributed by atoms with E-state index < -0.39 is 0 Å². The SMILES string of the molecule is c1cc(CNc2nncc(NC3CCCC3)n2)ccn1. The maximum Gasteiger partial charge on any atom is 0.244 e. The number of aromatic nitrogens is 4. The number of nitrogens with zero attached hydrogens (tertiary/aromatic N) is 4. The Morgan fingerprint density at radius 1 is 1.15 bits per heavy atom. The molecule has 0 aliphatic heterocycles. The molecule has 0 amide bonds. The van der Waals surface area contributed by atoms with Gasteiger partial charge >= 0.3 is 0 Å². The van der Waals surface area contributed by atoms with Crippen molar-refractivity contribution in [1.29, 1.82) is 0 Å². The second kappa shape index (κ2) is 6.27. The van der Waals surface area contributed by atoms with E-state index in [-0.39, 0.29) is 0 Å². The van der Waals surface area contributed by atoms with Gasteiger partial charge in [-0.2, -0.15) is 10.1 Å². The highest BCUT2D eigenvalue weighted by Crippen LogP contribution is 2.21. The first-order chi connectivity index (χ1) is 9.90. The minimum atomic E-state index is 0.528. The maximum absolute atomic E-state index is 4.44. The zero-order valence-corrected chi connectivity index (χ0v) is 11.3. The summed E-state index contributed by atoms with van der Waals surface area (Å²) in [6.45, 7) is 0.664. The Kier molecular flexibility index (Phi) is 4.01. The van der Waals surface area contributed by atoms with Crippen LogP contribution in [0.5, 0.6) is 0 Å².